The zero-order valence-electron chi connectivity index (χ0n) is 10.1. The lowest BCUT2D eigenvalue weighted by molar-refractivity contribution is 0.0747. The highest BCUT2D eigenvalue weighted by Gasteiger charge is 2.09. The van der Waals surface area contributed by atoms with Crippen molar-refractivity contribution >= 4 is 11.6 Å². The van der Waals surface area contributed by atoms with Crippen molar-refractivity contribution in [3.05, 3.63) is 24.0 Å². The largest absolute Gasteiger partial charge is 0.377 e. The van der Waals surface area contributed by atoms with E-state index in [1.165, 1.54) is 6.20 Å². The maximum absolute atomic E-state index is 11.8. The quantitative estimate of drug-likeness (QED) is 0.382. The second kappa shape index (κ2) is 6.82. The van der Waals surface area contributed by atoms with Gasteiger partial charge in [-0.1, -0.05) is 0 Å². The molecule has 0 aromatic carbocycles. The molecule has 94 valence electrons. The Labute approximate surface area is 101 Å². The first-order valence-electron chi connectivity index (χ1n) is 5.45. The van der Waals surface area contributed by atoms with E-state index in [1.54, 1.807) is 12.3 Å². The lowest BCUT2D eigenvalue weighted by Crippen LogP contribution is -2.29. The Morgan fingerprint density at radius 2 is 2.35 bits per heavy atom. The molecule has 6 nitrogen and oxygen atoms in total. The van der Waals surface area contributed by atoms with Crippen LogP contribution in [0.5, 0.6) is 0 Å². The van der Waals surface area contributed by atoms with Crippen molar-refractivity contribution in [2.45, 2.75) is 20.0 Å². The Morgan fingerprint density at radius 1 is 1.59 bits per heavy atom. The number of rotatable bonds is 6. The number of hydrogen-bond acceptors (Lipinski definition) is 5. The van der Waals surface area contributed by atoms with Crippen molar-refractivity contribution in [3.8, 4) is 0 Å². The van der Waals surface area contributed by atoms with E-state index in [0.717, 1.165) is 0 Å². The van der Waals surface area contributed by atoms with Gasteiger partial charge in [0.15, 0.2) is 0 Å². The summed E-state index contributed by atoms with van der Waals surface area (Å²) < 4.78 is 5.31. The van der Waals surface area contributed by atoms with E-state index >= 15 is 0 Å². The number of carbonyl (C=O) groups is 1. The molecular formula is C11H18N4O2. The van der Waals surface area contributed by atoms with Crippen molar-refractivity contribution in [1.29, 1.82) is 0 Å². The van der Waals surface area contributed by atoms with Gasteiger partial charge in [-0.3, -0.25) is 15.6 Å². The van der Waals surface area contributed by atoms with E-state index in [2.05, 4.69) is 15.7 Å². The molecule has 0 atom stereocenters. The van der Waals surface area contributed by atoms with Gasteiger partial charge in [0.1, 0.15) is 0 Å². The maximum atomic E-state index is 11.8. The number of carbonyl (C=O) groups excluding carboxylic acids is 1. The number of aromatic nitrogens is 1. The third-order valence-electron chi connectivity index (χ3n) is 2.06. The van der Waals surface area contributed by atoms with Gasteiger partial charge in [-0.05, 0) is 19.9 Å². The summed E-state index contributed by atoms with van der Waals surface area (Å²) in [6.07, 6.45) is 3.19. The molecule has 1 amide bonds. The Balaban J connectivity index is 2.47. The van der Waals surface area contributed by atoms with Crippen LogP contribution in [0.4, 0.5) is 5.69 Å². The number of nitrogens with two attached hydrogens (primary N) is 1. The molecule has 0 radical (unpaired) electrons. The summed E-state index contributed by atoms with van der Waals surface area (Å²) >= 11 is 0. The van der Waals surface area contributed by atoms with E-state index in [-0.39, 0.29) is 12.0 Å². The molecule has 0 saturated carbocycles. The summed E-state index contributed by atoms with van der Waals surface area (Å²) in [5, 5.41) is 2.73. The summed E-state index contributed by atoms with van der Waals surface area (Å²) in [5.41, 5.74) is 3.41. The highest BCUT2D eigenvalue weighted by Crippen LogP contribution is 2.11. The smallest absolute Gasteiger partial charge is 0.255 e. The second-order valence-corrected chi connectivity index (χ2v) is 3.74. The number of nitrogen functional groups attached to an aromatic ring is 1. The van der Waals surface area contributed by atoms with Crippen LogP contribution in [0.1, 0.15) is 24.2 Å². The Kier molecular flexibility index (Phi) is 5.38. The van der Waals surface area contributed by atoms with E-state index in [0.29, 0.717) is 24.4 Å². The Hall–Kier alpha value is -1.66. The predicted octanol–water partition coefficient (Wildman–Crippen LogP) is 0.522. The minimum Gasteiger partial charge on any atom is -0.377 e. The molecule has 0 bridgehead atoms. The van der Waals surface area contributed by atoms with Crippen LogP contribution in [0.2, 0.25) is 0 Å². The van der Waals surface area contributed by atoms with Gasteiger partial charge in [-0.15, -0.1) is 0 Å². The predicted molar refractivity (Wildman–Crippen MR) is 65.5 cm³/mol. The fourth-order valence-corrected chi connectivity index (χ4v) is 1.26. The monoisotopic (exact) mass is 238 g/mol. The molecule has 0 saturated heterocycles. The molecular weight excluding hydrogens is 220 g/mol. The summed E-state index contributed by atoms with van der Waals surface area (Å²) in [7, 11) is 0. The Bertz CT molecular complexity index is 368. The van der Waals surface area contributed by atoms with E-state index in [1.807, 2.05) is 13.8 Å². The first-order chi connectivity index (χ1) is 8.15. The molecule has 0 spiro atoms. The minimum atomic E-state index is -0.224. The first kappa shape index (κ1) is 13.4. The normalized spacial score (nSPS) is 10.4. The molecule has 1 aromatic rings. The van der Waals surface area contributed by atoms with Crippen molar-refractivity contribution in [2.24, 2.45) is 5.84 Å². The highest BCUT2D eigenvalue weighted by atomic mass is 16.5. The first-order valence-corrected chi connectivity index (χ1v) is 5.45. The van der Waals surface area contributed by atoms with Gasteiger partial charge in [0.2, 0.25) is 0 Å². The standard InChI is InChI=1S/C11H18N4O2/c1-8(2)17-6-5-14-11(16)9-7-13-4-3-10(9)15-12/h3-4,7-8H,5-6,12H2,1-2H3,(H,13,15)(H,14,16). The van der Waals surface area contributed by atoms with Gasteiger partial charge < -0.3 is 15.5 Å². The van der Waals surface area contributed by atoms with Crippen LogP contribution in [0.3, 0.4) is 0 Å². The molecule has 17 heavy (non-hydrogen) atoms. The topological polar surface area (TPSA) is 89.3 Å². The van der Waals surface area contributed by atoms with Gasteiger partial charge in [-0.2, -0.15) is 0 Å². The molecule has 6 heteroatoms. The van der Waals surface area contributed by atoms with Crippen molar-refractivity contribution in [2.75, 3.05) is 18.6 Å². The molecule has 0 aliphatic carbocycles. The zero-order valence-corrected chi connectivity index (χ0v) is 10.1. The third kappa shape index (κ3) is 4.38. The second-order valence-electron chi connectivity index (χ2n) is 3.74. The van der Waals surface area contributed by atoms with Crippen molar-refractivity contribution < 1.29 is 9.53 Å². The van der Waals surface area contributed by atoms with Crippen LogP contribution in [-0.2, 0) is 4.74 Å². The average Bonchev–Trinajstić information content (AvgIpc) is 2.34. The zero-order chi connectivity index (χ0) is 12.7. The summed E-state index contributed by atoms with van der Waals surface area (Å²) in [6, 6.07) is 1.64. The van der Waals surface area contributed by atoms with Crippen LogP contribution < -0.4 is 16.6 Å². The number of nitrogens with one attached hydrogen (secondary N) is 2. The van der Waals surface area contributed by atoms with Crippen LogP contribution >= 0.6 is 0 Å². The average molecular weight is 238 g/mol. The number of amides is 1. The van der Waals surface area contributed by atoms with Crippen molar-refractivity contribution in [3.63, 3.8) is 0 Å². The molecule has 1 heterocycles. The Morgan fingerprint density at radius 3 is 3.00 bits per heavy atom. The SMILES string of the molecule is CC(C)OCCNC(=O)c1cnccc1NN. The number of pyridine rings is 1. The number of ether oxygens (including phenoxy) is 1. The van der Waals surface area contributed by atoms with Crippen LogP contribution in [0, 0.1) is 0 Å². The lowest BCUT2D eigenvalue weighted by Gasteiger charge is -2.10. The van der Waals surface area contributed by atoms with Crippen molar-refractivity contribution in [1.82, 2.24) is 10.3 Å². The minimum absolute atomic E-state index is 0.159. The summed E-state index contributed by atoms with van der Waals surface area (Å²) in [5.74, 6) is 5.08. The van der Waals surface area contributed by atoms with Crippen LogP contribution in [-0.4, -0.2) is 30.1 Å². The van der Waals surface area contributed by atoms with Gasteiger partial charge >= 0.3 is 0 Å². The summed E-state index contributed by atoms with van der Waals surface area (Å²) in [6.45, 7) is 4.82. The lowest BCUT2D eigenvalue weighted by atomic mass is 10.2. The maximum Gasteiger partial charge on any atom is 0.255 e. The molecule has 0 unspecified atom stereocenters. The molecule has 1 aromatic heterocycles. The van der Waals surface area contributed by atoms with Crippen LogP contribution in [0.15, 0.2) is 18.5 Å². The molecule has 1 rings (SSSR count). The number of nitrogens with zero attached hydrogens (tertiary/aromatic N) is 1. The molecule has 0 fully saturated rings. The molecule has 0 aliphatic rings. The van der Waals surface area contributed by atoms with Gasteiger partial charge in [0.25, 0.3) is 5.91 Å². The summed E-state index contributed by atoms with van der Waals surface area (Å²) in [4.78, 5) is 15.7. The van der Waals surface area contributed by atoms with E-state index < -0.39 is 0 Å². The fourth-order valence-electron chi connectivity index (χ4n) is 1.26. The highest BCUT2D eigenvalue weighted by molar-refractivity contribution is 5.99. The third-order valence-corrected chi connectivity index (χ3v) is 2.06. The number of anilines is 1. The van der Waals surface area contributed by atoms with Gasteiger partial charge in [0.05, 0.1) is 24.0 Å². The van der Waals surface area contributed by atoms with E-state index in [9.17, 15) is 4.79 Å². The van der Waals surface area contributed by atoms with Crippen LogP contribution in [0.25, 0.3) is 0 Å². The van der Waals surface area contributed by atoms with Gasteiger partial charge in [0, 0.05) is 18.9 Å². The molecule has 4 N–H and O–H groups in total. The van der Waals surface area contributed by atoms with E-state index in [4.69, 9.17) is 10.6 Å². The fraction of sp³-hybridized carbons (Fsp3) is 0.455. The molecule has 0 aliphatic heterocycles. The number of hydrogen-bond donors (Lipinski definition) is 3. The van der Waals surface area contributed by atoms with Gasteiger partial charge in [-0.25, -0.2) is 0 Å². The number of hydrazine groups is 1.